The highest BCUT2D eigenvalue weighted by Gasteiger charge is 2.26. The Morgan fingerprint density at radius 1 is 1.11 bits per heavy atom. The highest BCUT2D eigenvalue weighted by Crippen LogP contribution is 2.17. The van der Waals surface area contributed by atoms with Gasteiger partial charge in [0.2, 0.25) is 11.8 Å². The van der Waals surface area contributed by atoms with Crippen molar-refractivity contribution in [1.29, 1.82) is 0 Å². The SMILES string of the molecule is CCCNC(=O)C(C)N(Cc1cccc(Br)c1)C(=O)Cc1cccc(C)c1. The summed E-state index contributed by atoms with van der Waals surface area (Å²) in [6.07, 6.45) is 1.14. The van der Waals surface area contributed by atoms with Gasteiger partial charge in [0.15, 0.2) is 0 Å². The number of amides is 2. The number of nitrogens with one attached hydrogen (secondary N) is 1. The van der Waals surface area contributed by atoms with E-state index in [1.54, 1.807) is 11.8 Å². The quantitative estimate of drug-likeness (QED) is 0.680. The Kier molecular flexibility index (Phi) is 8.04. The summed E-state index contributed by atoms with van der Waals surface area (Å²) in [5, 5.41) is 2.90. The van der Waals surface area contributed by atoms with E-state index >= 15 is 0 Å². The molecule has 0 aromatic heterocycles. The second-order valence-corrected chi connectivity index (χ2v) is 7.70. The van der Waals surface area contributed by atoms with Gasteiger partial charge in [-0.25, -0.2) is 0 Å². The van der Waals surface area contributed by atoms with Gasteiger partial charge in [-0.2, -0.15) is 0 Å². The lowest BCUT2D eigenvalue weighted by Crippen LogP contribution is -2.48. The molecular formula is C22H27BrN2O2. The Bertz CT molecular complexity index is 791. The van der Waals surface area contributed by atoms with Crippen molar-refractivity contribution >= 4 is 27.7 Å². The fourth-order valence-electron chi connectivity index (χ4n) is 2.91. The minimum absolute atomic E-state index is 0.0558. The van der Waals surface area contributed by atoms with Crippen molar-refractivity contribution in [3.63, 3.8) is 0 Å². The van der Waals surface area contributed by atoms with Crippen molar-refractivity contribution < 1.29 is 9.59 Å². The fourth-order valence-corrected chi connectivity index (χ4v) is 3.36. The number of aryl methyl sites for hydroxylation is 1. The van der Waals surface area contributed by atoms with E-state index in [1.807, 2.05) is 62.4 Å². The Balaban J connectivity index is 2.21. The molecule has 0 fully saturated rings. The van der Waals surface area contributed by atoms with Crippen molar-refractivity contribution in [3.05, 3.63) is 69.7 Å². The van der Waals surface area contributed by atoms with Crippen molar-refractivity contribution in [2.75, 3.05) is 6.54 Å². The van der Waals surface area contributed by atoms with Gasteiger partial charge in [-0.15, -0.1) is 0 Å². The molecule has 0 heterocycles. The van der Waals surface area contributed by atoms with E-state index in [0.29, 0.717) is 13.1 Å². The first-order valence-corrected chi connectivity index (χ1v) is 10.1. The molecular weight excluding hydrogens is 404 g/mol. The number of rotatable bonds is 8. The summed E-state index contributed by atoms with van der Waals surface area (Å²) in [5.41, 5.74) is 3.06. The number of nitrogens with zero attached hydrogens (tertiary/aromatic N) is 1. The van der Waals surface area contributed by atoms with Gasteiger partial charge in [0, 0.05) is 17.6 Å². The molecule has 2 aromatic rings. The maximum absolute atomic E-state index is 13.1. The average molecular weight is 431 g/mol. The molecule has 0 saturated carbocycles. The number of halogens is 1. The second kappa shape index (κ2) is 10.3. The average Bonchev–Trinajstić information content (AvgIpc) is 2.63. The first-order chi connectivity index (χ1) is 12.9. The molecule has 0 bridgehead atoms. The molecule has 0 aliphatic rings. The molecule has 5 heteroatoms. The summed E-state index contributed by atoms with van der Waals surface area (Å²) in [5.74, 6) is -0.177. The van der Waals surface area contributed by atoms with E-state index in [9.17, 15) is 9.59 Å². The minimum Gasteiger partial charge on any atom is -0.354 e. The standard InChI is InChI=1S/C22H27BrN2O2/c1-4-11-24-22(27)17(3)25(15-19-9-6-10-20(23)13-19)21(26)14-18-8-5-7-16(2)12-18/h5-10,12-13,17H,4,11,14-15H2,1-3H3,(H,24,27). The highest BCUT2D eigenvalue weighted by molar-refractivity contribution is 9.10. The predicted octanol–water partition coefficient (Wildman–Crippen LogP) is 4.24. The Morgan fingerprint density at radius 2 is 1.81 bits per heavy atom. The van der Waals surface area contributed by atoms with Crippen molar-refractivity contribution in [1.82, 2.24) is 10.2 Å². The summed E-state index contributed by atoms with van der Waals surface area (Å²) in [6, 6.07) is 15.2. The summed E-state index contributed by atoms with van der Waals surface area (Å²) < 4.78 is 0.953. The van der Waals surface area contributed by atoms with Gasteiger partial charge < -0.3 is 10.2 Å². The van der Waals surface area contributed by atoms with Crippen LogP contribution in [0.2, 0.25) is 0 Å². The van der Waals surface area contributed by atoms with Crippen LogP contribution in [-0.2, 0) is 22.6 Å². The van der Waals surface area contributed by atoms with Crippen LogP contribution in [-0.4, -0.2) is 29.3 Å². The van der Waals surface area contributed by atoms with Crippen LogP contribution < -0.4 is 5.32 Å². The Hall–Kier alpha value is -2.14. The van der Waals surface area contributed by atoms with Gasteiger partial charge in [0.1, 0.15) is 6.04 Å². The first kappa shape index (κ1) is 21.2. The summed E-state index contributed by atoms with van der Waals surface area (Å²) in [7, 11) is 0. The van der Waals surface area contributed by atoms with Crippen LogP contribution in [0.5, 0.6) is 0 Å². The smallest absolute Gasteiger partial charge is 0.242 e. The lowest BCUT2D eigenvalue weighted by atomic mass is 10.1. The van der Waals surface area contributed by atoms with Crippen LogP contribution in [0.25, 0.3) is 0 Å². The van der Waals surface area contributed by atoms with Crippen molar-refractivity contribution in [3.8, 4) is 0 Å². The number of carbonyl (C=O) groups is 2. The molecule has 1 unspecified atom stereocenters. The molecule has 1 atom stereocenters. The molecule has 0 aliphatic carbocycles. The molecule has 144 valence electrons. The van der Waals surface area contributed by atoms with Crippen LogP contribution in [0, 0.1) is 6.92 Å². The molecule has 0 saturated heterocycles. The van der Waals surface area contributed by atoms with Gasteiger partial charge in [-0.1, -0.05) is 64.8 Å². The summed E-state index contributed by atoms with van der Waals surface area (Å²) in [4.78, 5) is 27.2. The predicted molar refractivity (Wildman–Crippen MR) is 112 cm³/mol. The van der Waals surface area contributed by atoms with E-state index in [0.717, 1.165) is 27.6 Å². The molecule has 2 rings (SSSR count). The molecule has 2 amide bonds. The topological polar surface area (TPSA) is 49.4 Å². The monoisotopic (exact) mass is 430 g/mol. The van der Waals surface area contributed by atoms with E-state index in [-0.39, 0.29) is 18.2 Å². The first-order valence-electron chi connectivity index (χ1n) is 9.28. The van der Waals surface area contributed by atoms with Crippen LogP contribution in [0.1, 0.15) is 37.0 Å². The summed E-state index contributed by atoms with van der Waals surface area (Å²) in [6.45, 7) is 6.81. The number of benzene rings is 2. The normalized spacial score (nSPS) is 11.7. The van der Waals surface area contributed by atoms with Crippen molar-refractivity contribution in [2.24, 2.45) is 0 Å². The van der Waals surface area contributed by atoms with Gasteiger partial charge in [0.05, 0.1) is 6.42 Å². The van der Waals surface area contributed by atoms with E-state index < -0.39 is 6.04 Å². The lowest BCUT2D eigenvalue weighted by molar-refractivity contribution is -0.140. The highest BCUT2D eigenvalue weighted by atomic mass is 79.9. The van der Waals surface area contributed by atoms with Crippen LogP contribution in [0.3, 0.4) is 0 Å². The fraction of sp³-hybridized carbons (Fsp3) is 0.364. The van der Waals surface area contributed by atoms with E-state index in [4.69, 9.17) is 0 Å². The molecule has 27 heavy (non-hydrogen) atoms. The maximum atomic E-state index is 13.1. The zero-order valence-corrected chi connectivity index (χ0v) is 17.8. The van der Waals surface area contributed by atoms with Crippen molar-refractivity contribution in [2.45, 2.75) is 46.2 Å². The number of carbonyl (C=O) groups excluding carboxylic acids is 2. The molecule has 0 radical (unpaired) electrons. The van der Waals surface area contributed by atoms with Gasteiger partial charge in [0.25, 0.3) is 0 Å². The number of hydrogen-bond donors (Lipinski definition) is 1. The van der Waals surface area contributed by atoms with E-state index in [1.165, 1.54) is 0 Å². The molecule has 0 spiro atoms. The molecule has 1 N–H and O–H groups in total. The van der Waals surface area contributed by atoms with Crippen LogP contribution >= 0.6 is 15.9 Å². The van der Waals surface area contributed by atoms with Crippen LogP contribution in [0.4, 0.5) is 0 Å². The van der Waals surface area contributed by atoms with Crippen LogP contribution in [0.15, 0.2) is 53.0 Å². The van der Waals surface area contributed by atoms with Gasteiger partial charge >= 0.3 is 0 Å². The van der Waals surface area contributed by atoms with Gasteiger partial charge in [-0.05, 0) is 43.5 Å². The zero-order chi connectivity index (χ0) is 19.8. The maximum Gasteiger partial charge on any atom is 0.242 e. The Morgan fingerprint density at radius 3 is 2.48 bits per heavy atom. The third kappa shape index (κ3) is 6.51. The second-order valence-electron chi connectivity index (χ2n) is 6.78. The molecule has 0 aliphatic heterocycles. The summed E-state index contributed by atoms with van der Waals surface area (Å²) >= 11 is 3.47. The van der Waals surface area contributed by atoms with E-state index in [2.05, 4.69) is 21.2 Å². The molecule has 4 nitrogen and oxygen atoms in total. The largest absolute Gasteiger partial charge is 0.354 e. The minimum atomic E-state index is -0.534. The third-order valence-electron chi connectivity index (χ3n) is 4.40. The number of hydrogen-bond acceptors (Lipinski definition) is 2. The third-order valence-corrected chi connectivity index (χ3v) is 4.89. The van der Waals surface area contributed by atoms with Gasteiger partial charge in [-0.3, -0.25) is 9.59 Å². The molecule has 2 aromatic carbocycles. The Labute approximate surface area is 170 Å². The lowest BCUT2D eigenvalue weighted by Gasteiger charge is -2.29. The zero-order valence-electron chi connectivity index (χ0n) is 16.2.